The van der Waals surface area contributed by atoms with Crippen LogP contribution in [0.5, 0.6) is 0 Å². The molecule has 3 aliphatic rings. The molecule has 0 radical (unpaired) electrons. The number of amides is 4. The lowest BCUT2D eigenvalue weighted by Gasteiger charge is -2.32. The molecule has 4 amide bonds. The Hall–Kier alpha value is -3.24. The first-order chi connectivity index (χ1) is 19.3. The highest BCUT2D eigenvalue weighted by atomic mass is 16.6. The third-order valence-corrected chi connectivity index (χ3v) is 7.81. The molecule has 3 fully saturated rings. The van der Waals surface area contributed by atoms with Crippen LogP contribution in [0.1, 0.15) is 92.4 Å². The number of alkyl carbamates (subject to hydrolysis) is 1. The van der Waals surface area contributed by atoms with E-state index in [1.807, 2.05) is 6.92 Å². The van der Waals surface area contributed by atoms with Crippen LogP contribution in [0, 0.1) is 11.8 Å². The van der Waals surface area contributed by atoms with Gasteiger partial charge in [-0.2, -0.15) is 0 Å². The van der Waals surface area contributed by atoms with Gasteiger partial charge >= 0.3 is 6.09 Å². The van der Waals surface area contributed by atoms with Crippen LogP contribution in [0.2, 0.25) is 0 Å². The normalized spacial score (nSPS) is 23.4. The summed E-state index contributed by atoms with van der Waals surface area (Å²) >= 11 is 0. The number of carbonyl (C=O) groups is 6. The van der Waals surface area contributed by atoms with Crippen molar-refractivity contribution in [2.75, 3.05) is 6.54 Å². The zero-order chi connectivity index (χ0) is 30.3. The van der Waals surface area contributed by atoms with Gasteiger partial charge in [-0.25, -0.2) is 4.79 Å². The van der Waals surface area contributed by atoms with Crippen LogP contribution in [0.3, 0.4) is 0 Å². The van der Waals surface area contributed by atoms with E-state index in [0.29, 0.717) is 19.4 Å². The number of likely N-dealkylation sites (tertiary alicyclic amines) is 1. The zero-order valence-electron chi connectivity index (χ0n) is 25.0. The lowest BCUT2D eigenvalue weighted by Crippen LogP contribution is -2.57. The summed E-state index contributed by atoms with van der Waals surface area (Å²) in [6, 6.07) is -2.90. The van der Waals surface area contributed by atoms with Crippen molar-refractivity contribution < 1.29 is 33.5 Å². The first-order valence-corrected chi connectivity index (χ1v) is 14.9. The van der Waals surface area contributed by atoms with Crippen LogP contribution in [0.25, 0.3) is 0 Å². The first-order valence-electron chi connectivity index (χ1n) is 14.9. The molecule has 0 aromatic heterocycles. The molecule has 1 heterocycles. The van der Waals surface area contributed by atoms with Gasteiger partial charge in [0.05, 0.1) is 6.04 Å². The van der Waals surface area contributed by atoms with E-state index in [1.54, 1.807) is 33.8 Å². The van der Waals surface area contributed by atoms with E-state index in [0.717, 1.165) is 32.1 Å². The fourth-order valence-electron chi connectivity index (χ4n) is 5.79. The molecule has 5 atom stereocenters. The smallest absolute Gasteiger partial charge is 0.408 e. The molecule has 3 rings (SSSR count). The van der Waals surface area contributed by atoms with Gasteiger partial charge in [-0.1, -0.05) is 25.8 Å². The van der Waals surface area contributed by atoms with Gasteiger partial charge < -0.3 is 25.6 Å². The molecule has 3 N–H and O–H groups in total. The molecule has 0 unspecified atom stereocenters. The molecule has 2 aliphatic carbocycles. The van der Waals surface area contributed by atoms with E-state index < -0.39 is 53.3 Å². The van der Waals surface area contributed by atoms with Crippen molar-refractivity contribution in [1.29, 1.82) is 0 Å². The number of hydrogen-bond donors (Lipinski definition) is 3. The molecule has 1 aliphatic heterocycles. The first kappa shape index (κ1) is 32.3. The van der Waals surface area contributed by atoms with Crippen LogP contribution in [-0.2, 0) is 28.7 Å². The molecular weight excluding hydrogens is 528 g/mol. The fourth-order valence-corrected chi connectivity index (χ4v) is 5.79. The average molecular weight is 575 g/mol. The number of carbonyl (C=O) groups excluding carboxylic acids is 6. The van der Waals surface area contributed by atoms with Gasteiger partial charge in [-0.3, -0.25) is 24.0 Å². The lowest BCUT2D eigenvalue weighted by atomic mass is 9.92. The second-order valence-electron chi connectivity index (χ2n) is 12.5. The molecule has 0 spiro atoms. The predicted molar refractivity (Wildman–Crippen MR) is 152 cm³/mol. The zero-order valence-corrected chi connectivity index (χ0v) is 25.0. The van der Waals surface area contributed by atoms with Crippen molar-refractivity contribution in [1.82, 2.24) is 20.9 Å². The van der Waals surface area contributed by atoms with Gasteiger partial charge in [0.25, 0.3) is 5.91 Å². The number of nitrogens with one attached hydrogen (secondary N) is 3. The largest absolute Gasteiger partial charge is 0.444 e. The van der Waals surface area contributed by atoms with Crippen molar-refractivity contribution >= 4 is 35.4 Å². The summed E-state index contributed by atoms with van der Waals surface area (Å²) in [7, 11) is 0. The van der Waals surface area contributed by atoms with Crippen LogP contribution in [-0.4, -0.2) is 76.6 Å². The number of Topliss-reactive ketones (excluding diaryl/α,β-unsaturated/α-hetero) is 1. The quantitative estimate of drug-likeness (QED) is 0.226. The van der Waals surface area contributed by atoms with Crippen molar-refractivity contribution in [3.05, 3.63) is 12.2 Å². The minimum absolute atomic E-state index is 0.0146. The topological polar surface area (TPSA) is 151 Å². The summed E-state index contributed by atoms with van der Waals surface area (Å²) in [5, 5.41) is 8.11. The molecule has 0 bridgehead atoms. The number of ketones is 2. The van der Waals surface area contributed by atoms with Gasteiger partial charge in [0, 0.05) is 19.0 Å². The van der Waals surface area contributed by atoms with Crippen molar-refractivity contribution in [3.8, 4) is 0 Å². The Morgan fingerprint density at radius 3 is 2.29 bits per heavy atom. The van der Waals surface area contributed by atoms with E-state index in [4.69, 9.17) is 4.74 Å². The number of ether oxygens (including phenoxy) is 1. The minimum Gasteiger partial charge on any atom is -0.444 e. The summed E-state index contributed by atoms with van der Waals surface area (Å²) in [6.45, 7) is 9.05. The molecule has 1 saturated heterocycles. The molecule has 0 aromatic carbocycles. The van der Waals surface area contributed by atoms with Gasteiger partial charge in [0.1, 0.15) is 17.7 Å². The third kappa shape index (κ3) is 9.13. The number of allylic oxidation sites excluding steroid dienone is 2. The molecular formula is C30H46N4O7. The molecule has 228 valence electrons. The number of rotatable bonds is 13. The number of hydrogen-bond acceptors (Lipinski definition) is 7. The second kappa shape index (κ2) is 14.1. The van der Waals surface area contributed by atoms with Gasteiger partial charge in [0.15, 0.2) is 5.78 Å². The van der Waals surface area contributed by atoms with Crippen LogP contribution < -0.4 is 16.0 Å². The van der Waals surface area contributed by atoms with E-state index in [9.17, 15) is 28.8 Å². The Kier molecular flexibility index (Phi) is 11.1. The fraction of sp³-hybridized carbons (Fsp3) is 0.733. The molecule has 2 saturated carbocycles. The summed E-state index contributed by atoms with van der Waals surface area (Å²) in [5.41, 5.74) is -0.793. The van der Waals surface area contributed by atoms with Crippen LogP contribution in [0.15, 0.2) is 12.2 Å². The summed E-state index contributed by atoms with van der Waals surface area (Å²) in [5.74, 6) is -2.49. The standard InChI is InChI=1S/C30H46N4O7/c1-6-9-20(35)15-16-23(33-29(40)41-30(3,4)5)28(39)34-17-18-11-8-12-21(18)24(34)26(37)32-22(10-7-2)25(36)27(38)31-19-13-14-19/h6,9,18-19,21-24H,7-8,10-17H2,1-5H3,(H,31,38)(H,32,37)(H,33,40)/b9-6-/t18-,21-,22-,23-,24-/m0/s1. The highest BCUT2D eigenvalue weighted by molar-refractivity contribution is 6.38. The van der Waals surface area contributed by atoms with Crippen molar-refractivity contribution in [2.24, 2.45) is 11.8 Å². The van der Waals surface area contributed by atoms with Gasteiger partial charge in [-0.15, -0.1) is 0 Å². The molecule has 41 heavy (non-hydrogen) atoms. The summed E-state index contributed by atoms with van der Waals surface area (Å²) in [4.78, 5) is 79.5. The maximum atomic E-state index is 14.0. The number of nitrogens with zero attached hydrogens (tertiary/aromatic N) is 1. The molecule has 11 heteroatoms. The maximum Gasteiger partial charge on any atom is 0.408 e. The van der Waals surface area contributed by atoms with Crippen molar-refractivity contribution in [3.63, 3.8) is 0 Å². The molecule has 11 nitrogen and oxygen atoms in total. The van der Waals surface area contributed by atoms with E-state index in [1.165, 1.54) is 11.0 Å². The number of fused-ring (bicyclic) bond motifs is 1. The van der Waals surface area contributed by atoms with Crippen LogP contribution >= 0.6 is 0 Å². The molecule has 0 aromatic rings. The van der Waals surface area contributed by atoms with Gasteiger partial charge in [-0.05, 0) is 84.1 Å². The second-order valence-corrected chi connectivity index (χ2v) is 12.5. The Balaban J connectivity index is 1.80. The Labute approximate surface area is 242 Å². The van der Waals surface area contributed by atoms with Gasteiger partial charge in [0.2, 0.25) is 17.6 Å². The van der Waals surface area contributed by atoms with Crippen molar-refractivity contribution in [2.45, 2.75) is 122 Å². The Bertz CT molecular complexity index is 1050. The Morgan fingerprint density at radius 1 is 0.976 bits per heavy atom. The Morgan fingerprint density at radius 2 is 1.68 bits per heavy atom. The van der Waals surface area contributed by atoms with E-state index >= 15 is 0 Å². The lowest BCUT2D eigenvalue weighted by molar-refractivity contribution is -0.143. The van der Waals surface area contributed by atoms with Crippen LogP contribution in [0.4, 0.5) is 4.79 Å². The average Bonchev–Trinajstić information content (AvgIpc) is 3.45. The highest BCUT2D eigenvalue weighted by Gasteiger charge is 2.51. The highest BCUT2D eigenvalue weighted by Crippen LogP contribution is 2.42. The summed E-state index contributed by atoms with van der Waals surface area (Å²) < 4.78 is 5.37. The maximum absolute atomic E-state index is 14.0. The van der Waals surface area contributed by atoms with E-state index in [-0.39, 0.29) is 36.5 Å². The third-order valence-electron chi connectivity index (χ3n) is 7.81. The van der Waals surface area contributed by atoms with E-state index in [2.05, 4.69) is 16.0 Å². The monoisotopic (exact) mass is 574 g/mol. The summed E-state index contributed by atoms with van der Waals surface area (Å²) in [6.07, 6.45) is 7.41. The predicted octanol–water partition coefficient (Wildman–Crippen LogP) is 2.56. The SMILES string of the molecule is C/C=C\C(=O)CC[C@H](NC(=O)OC(C)(C)C)C(=O)N1C[C@@H]2CCC[C@@H]2[C@H]1C(=O)N[C@@H](CCC)C(=O)C(=O)NC1CC1. The minimum atomic E-state index is -1.08.